The second-order valence-electron chi connectivity index (χ2n) is 8.50. The van der Waals surface area contributed by atoms with Crippen LogP contribution in [0.3, 0.4) is 0 Å². The van der Waals surface area contributed by atoms with Crippen molar-refractivity contribution in [2.75, 3.05) is 0 Å². The van der Waals surface area contributed by atoms with Gasteiger partial charge in [0.15, 0.2) is 11.5 Å². The second-order valence-corrected chi connectivity index (χ2v) is 8.94. The number of hydrogen-bond donors (Lipinski definition) is 2. The van der Waals surface area contributed by atoms with Crippen LogP contribution in [0.2, 0.25) is 5.02 Å². The topological polar surface area (TPSA) is 97.5 Å². The molecule has 5 aromatic rings. The van der Waals surface area contributed by atoms with E-state index < -0.39 is 23.7 Å². The van der Waals surface area contributed by atoms with Crippen LogP contribution in [0, 0.1) is 6.92 Å². The Morgan fingerprint density at radius 2 is 1.84 bits per heavy atom. The molecule has 194 valence electrons. The lowest BCUT2D eigenvalue weighted by atomic mass is 10.0. The summed E-state index contributed by atoms with van der Waals surface area (Å²) < 4.78 is 49.7. The van der Waals surface area contributed by atoms with Crippen LogP contribution >= 0.6 is 11.6 Å². The van der Waals surface area contributed by atoms with Crippen molar-refractivity contribution in [2.24, 2.45) is 0 Å². The molecule has 0 radical (unpaired) electrons. The fourth-order valence-corrected chi connectivity index (χ4v) is 4.52. The molecular weight excluding hydrogens is 525 g/mol. The van der Waals surface area contributed by atoms with Crippen molar-refractivity contribution < 1.29 is 32.2 Å². The van der Waals surface area contributed by atoms with E-state index in [1.165, 1.54) is 12.1 Å². The highest BCUT2D eigenvalue weighted by Gasteiger charge is 2.32. The Morgan fingerprint density at radius 3 is 2.50 bits per heavy atom. The molecule has 2 heterocycles. The first-order chi connectivity index (χ1) is 18.0. The highest BCUT2D eigenvalue weighted by atomic mass is 35.5. The minimum absolute atomic E-state index is 0.0506. The van der Waals surface area contributed by atoms with Gasteiger partial charge in [0.05, 0.1) is 11.1 Å². The summed E-state index contributed by atoms with van der Waals surface area (Å²) in [6.07, 6.45) is -4.89. The van der Waals surface area contributed by atoms with E-state index in [2.05, 4.69) is 9.72 Å². The van der Waals surface area contributed by atoms with E-state index in [-0.39, 0.29) is 18.1 Å². The highest BCUT2D eigenvalue weighted by molar-refractivity contribution is 6.30. The number of aromatic hydroxyl groups is 1. The predicted molar refractivity (Wildman–Crippen MR) is 134 cm³/mol. The molecule has 0 saturated heterocycles. The summed E-state index contributed by atoms with van der Waals surface area (Å²) in [6, 6.07) is 16.9. The molecule has 0 saturated carbocycles. The Balaban J connectivity index is 1.64. The zero-order chi connectivity index (χ0) is 27.2. The third-order valence-corrected chi connectivity index (χ3v) is 6.28. The number of aromatic nitrogens is 2. The molecule has 7 nitrogen and oxygen atoms in total. The molecule has 0 atom stereocenters. The zero-order valence-electron chi connectivity index (χ0n) is 19.6. The number of nitrogens with one attached hydrogen (secondary N) is 1. The van der Waals surface area contributed by atoms with Crippen LogP contribution in [0.5, 0.6) is 11.6 Å². The van der Waals surface area contributed by atoms with Gasteiger partial charge in [-0.05, 0) is 55.0 Å². The van der Waals surface area contributed by atoms with Gasteiger partial charge < -0.3 is 18.8 Å². The molecule has 2 aromatic heterocycles. The van der Waals surface area contributed by atoms with E-state index in [0.717, 1.165) is 6.07 Å². The normalized spacial score (nSPS) is 11.7. The first-order valence-corrected chi connectivity index (χ1v) is 11.6. The summed E-state index contributed by atoms with van der Waals surface area (Å²) in [5.74, 6) is -2.05. The van der Waals surface area contributed by atoms with Gasteiger partial charge >= 0.3 is 12.1 Å². The summed E-state index contributed by atoms with van der Waals surface area (Å²) in [7, 11) is 0. The van der Waals surface area contributed by atoms with E-state index >= 15 is 0 Å². The van der Waals surface area contributed by atoms with Crippen LogP contribution in [0.1, 0.15) is 27.2 Å². The second kappa shape index (κ2) is 9.46. The summed E-state index contributed by atoms with van der Waals surface area (Å²) in [5.41, 5.74) is 2.64. The minimum atomic E-state index is -4.89. The molecule has 3 aromatic carbocycles. The molecule has 5 rings (SSSR count). The number of oxazole rings is 1. The maximum Gasteiger partial charge on any atom is 0.573 e. The number of aromatic amines is 1. The number of rotatable bonds is 6. The van der Waals surface area contributed by atoms with E-state index in [4.69, 9.17) is 16.0 Å². The Bertz CT molecular complexity index is 1730. The Labute approximate surface area is 217 Å². The standard InChI is InChI=1S/C27H18ClF3N2O5/c1-14-22(23(34)16-5-7-18(28)8-6-16)20-10-9-19(38-27(29,30)31)12-21(20)33(14)13-15-3-2-4-17(11-15)24-25(35)32-26(36)37-24/h2-12,35H,13H2,1H3,(H,32,36). The Morgan fingerprint density at radius 1 is 1.11 bits per heavy atom. The fourth-order valence-electron chi connectivity index (χ4n) is 4.40. The number of halogens is 4. The molecule has 0 aliphatic carbocycles. The number of H-pyrrole nitrogens is 1. The van der Waals surface area contributed by atoms with Gasteiger partial charge in [0, 0.05) is 39.8 Å². The quantitative estimate of drug-likeness (QED) is 0.241. The third-order valence-electron chi connectivity index (χ3n) is 6.02. The van der Waals surface area contributed by atoms with Crippen LogP contribution in [0.25, 0.3) is 22.2 Å². The van der Waals surface area contributed by atoms with Gasteiger partial charge in [-0.3, -0.25) is 9.78 Å². The van der Waals surface area contributed by atoms with Crippen molar-refractivity contribution in [2.45, 2.75) is 19.8 Å². The maximum atomic E-state index is 13.5. The monoisotopic (exact) mass is 542 g/mol. The van der Waals surface area contributed by atoms with Gasteiger partial charge in [0.2, 0.25) is 5.88 Å². The molecule has 0 aliphatic heterocycles. The van der Waals surface area contributed by atoms with Crippen LogP contribution in [-0.2, 0) is 6.54 Å². The first-order valence-electron chi connectivity index (χ1n) is 11.2. The average molecular weight is 543 g/mol. The molecule has 0 unspecified atom stereocenters. The molecule has 0 amide bonds. The predicted octanol–water partition coefficient (Wildman–Crippen LogP) is 6.43. The fraction of sp³-hybridized carbons (Fsp3) is 0.111. The highest BCUT2D eigenvalue weighted by Crippen LogP contribution is 2.34. The van der Waals surface area contributed by atoms with Crippen LogP contribution < -0.4 is 10.5 Å². The maximum absolute atomic E-state index is 13.5. The van der Waals surface area contributed by atoms with Crippen molar-refractivity contribution >= 4 is 28.3 Å². The van der Waals surface area contributed by atoms with E-state index in [9.17, 15) is 27.9 Å². The van der Waals surface area contributed by atoms with Crippen LogP contribution in [0.4, 0.5) is 13.2 Å². The third kappa shape index (κ3) is 4.90. The van der Waals surface area contributed by atoms with Crippen molar-refractivity contribution in [3.05, 3.63) is 105 Å². The number of carbonyl (C=O) groups excluding carboxylic acids is 1. The summed E-state index contributed by atoms with van der Waals surface area (Å²) in [6.45, 7) is 1.85. The lowest BCUT2D eigenvalue weighted by molar-refractivity contribution is -0.274. The lowest BCUT2D eigenvalue weighted by Gasteiger charge is -2.12. The molecule has 0 fully saturated rings. The first kappa shape index (κ1) is 25.2. The zero-order valence-corrected chi connectivity index (χ0v) is 20.4. The van der Waals surface area contributed by atoms with Crippen LogP contribution in [-0.4, -0.2) is 26.8 Å². The molecule has 2 N–H and O–H groups in total. The number of ketones is 1. The summed E-state index contributed by atoms with van der Waals surface area (Å²) in [4.78, 5) is 27.1. The lowest BCUT2D eigenvalue weighted by Crippen LogP contribution is -2.17. The Hall–Kier alpha value is -4.44. The van der Waals surface area contributed by atoms with Gasteiger partial charge in [-0.25, -0.2) is 4.79 Å². The number of carbonyl (C=O) groups is 1. The number of alkyl halides is 3. The van der Waals surface area contributed by atoms with Gasteiger partial charge in [-0.15, -0.1) is 13.2 Å². The van der Waals surface area contributed by atoms with Crippen molar-refractivity contribution in [1.82, 2.24) is 9.55 Å². The molecule has 0 spiro atoms. The van der Waals surface area contributed by atoms with Gasteiger partial charge in [-0.2, -0.15) is 0 Å². The number of benzene rings is 3. The number of fused-ring (bicyclic) bond motifs is 1. The average Bonchev–Trinajstić information content (AvgIpc) is 3.33. The SMILES string of the molecule is Cc1c(C(=O)c2ccc(Cl)cc2)c2ccc(OC(F)(F)F)cc2n1Cc1cccc(-c2oc(=O)[nH]c2O)c1. The minimum Gasteiger partial charge on any atom is -0.492 e. The van der Waals surface area contributed by atoms with Gasteiger partial charge in [0.1, 0.15) is 5.75 Å². The number of ether oxygens (including phenoxy) is 1. The number of hydrogen-bond acceptors (Lipinski definition) is 5. The number of nitrogens with zero attached hydrogens (tertiary/aromatic N) is 1. The van der Waals surface area contributed by atoms with E-state index in [1.54, 1.807) is 60.0 Å². The van der Waals surface area contributed by atoms with Crippen molar-refractivity contribution in [3.8, 4) is 23.0 Å². The molecule has 38 heavy (non-hydrogen) atoms. The van der Waals surface area contributed by atoms with Crippen LogP contribution in [0.15, 0.2) is 75.9 Å². The van der Waals surface area contributed by atoms with Crippen molar-refractivity contribution in [1.29, 1.82) is 0 Å². The van der Waals surface area contributed by atoms with E-state index in [1.807, 2.05) is 0 Å². The molecule has 0 aliphatic rings. The summed E-state index contributed by atoms with van der Waals surface area (Å²) in [5, 5.41) is 10.9. The van der Waals surface area contributed by atoms with Gasteiger partial charge in [0.25, 0.3) is 0 Å². The summed E-state index contributed by atoms with van der Waals surface area (Å²) >= 11 is 5.96. The molecule has 0 bridgehead atoms. The smallest absolute Gasteiger partial charge is 0.492 e. The largest absolute Gasteiger partial charge is 0.573 e. The van der Waals surface area contributed by atoms with Gasteiger partial charge in [-0.1, -0.05) is 29.8 Å². The van der Waals surface area contributed by atoms with E-state index in [0.29, 0.717) is 43.9 Å². The Kier molecular flexibility index (Phi) is 6.28. The molecule has 11 heteroatoms. The molecular formula is C27H18ClF3N2O5. The van der Waals surface area contributed by atoms with Crippen molar-refractivity contribution in [3.63, 3.8) is 0 Å².